The van der Waals surface area contributed by atoms with Gasteiger partial charge in [0, 0.05) is 26.3 Å². The predicted octanol–water partition coefficient (Wildman–Crippen LogP) is 2.74. The summed E-state index contributed by atoms with van der Waals surface area (Å²) in [4.78, 5) is 21.3. The first kappa shape index (κ1) is 18.0. The second kappa shape index (κ2) is 7.69. The monoisotopic (exact) mass is 374 g/mol. The van der Waals surface area contributed by atoms with E-state index >= 15 is 0 Å². The highest BCUT2D eigenvalue weighted by atomic mass is 16.2. The number of nitriles is 1. The van der Waals surface area contributed by atoms with E-state index in [4.69, 9.17) is 5.26 Å². The van der Waals surface area contributed by atoms with Crippen molar-refractivity contribution in [2.75, 3.05) is 26.7 Å². The second-order valence-corrected chi connectivity index (χ2v) is 7.14. The van der Waals surface area contributed by atoms with E-state index in [1.165, 1.54) is 6.42 Å². The van der Waals surface area contributed by atoms with Gasteiger partial charge in [0.15, 0.2) is 5.69 Å². The molecule has 7 nitrogen and oxygen atoms in total. The summed E-state index contributed by atoms with van der Waals surface area (Å²) >= 11 is 0. The van der Waals surface area contributed by atoms with Gasteiger partial charge >= 0.3 is 0 Å². The average molecular weight is 374 g/mol. The Kier molecular flexibility index (Phi) is 4.94. The highest BCUT2D eigenvalue weighted by Crippen LogP contribution is 2.25. The van der Waals surface area contributed by atoms with Crippen LogP contribution in [0.1, 0.15) is 35.3 Å². The third kappa shape index (κ3) is 3.54. The number of carbonyl (C=O) groups excluding carboxylic acids is 1. The summed E-state index contributed by atoms with van der Waals surface area (Å²) in [6.45, 7) is 2.24. The van der Waals surface area contributed by atoms with Crippen molar-refractivity contribution < 1.29 is 4.79 Å². The van der Waals surface area contributed by atoms with E-state index in [1.807, 2.05) is 36.4 Å². The standard InChI is InChI=1S/C21H22N6O/c1-25-9-5-6-17(15-25)27-20(18-8-7-16(13-22)14-23-18)12-19(24-27)21(28)26-10-3-2-4-11-26/h5-9,12,14H,2-4,10-11,15H2,1H3. The molecule has 0 aromatic carbocycles. The summed E-state index contributed by atoms with van der Waals surface area (Å²) in [6.07, 6.45) is 10.7. The molecule has 2 aromatic heterocycles. The lowest BCUT2D eigenvalue weighted by molar-refractivity contribution is 0.0718. The minimum atomic E-state index is -0.0337. The molecule has 2 aliphatic rings. The Hall–Kier alpha value is -3.40. The zero-order chi connectivity index (χ0) is 19.5. The van der Waals surface area contributed by atoms with Gasteiger partial charge in [-0.25, -0.2) is 4.68 Å². The Morgan fingerprint density at radius 3 is 2.71 bits per heavy atom. The number of rotatable bonds is 3. The number of pyridine rings is 1. The van der Waals surface area contributed by atoms with Crippen LogP contribution >= 0.6 is 0 Å². The molecule has 28 heavy (non-hydrogen) atoms. The topological polar surface area (TPSA) is 78.0 Å². The molecule has 0 unspecified atom stereocenters. The number of allylic oxidation sites excluding steroid dienone is 2. The fourth-order valence-corrected chi connectivity index (χ4v) is 3.56. The van der Waals surface area contributed by atoms with Crippen LogP contribution in [0.2, 0.25) is 0 Å². The second-order valence-electron chi connectivity index (χ2n) is 7.14. The summed E-state index contributed by atoms with van der Waals surface area (Å²) in [5.74, 6) is -0.0337. The fraction of sp³-hybridized carbons (Fsp3) is 0.333. The van der Waals surface area contributed by atoms with Crippen LogP contribution in [0.5, 0.6) is 0 Å². The Morgan fingerprint density at radius 2 is 2.04 bits per heavy atom. The molecule has 0 radical (unpaired) electrons. The normalized spacial score (nSPS) is 16.6. The number of aromatic nitrogens is 3. The van der Waals surface area contributed by atoms with Gasteiger partial charge in [-0.2, -0.15) is 10.4 Å². The van der Waals surface area contributed by atoms with E-state index < -0.39 is 0 Å². The number of nitrogens with zero attached hydrogens (tertiary/aromatic N) is 6. The number of hydrogen-bond acceptors (Lipinski definition) is 5. The van der Waals surface area contributed by atoms with Crippen LogP contribution in [-0.2, 0) is 0 Å². The minimum Gasteiger partial charge on any atom is -0.375 e. The summed E-state index contributed by atoms with van der Waals surface area (Å²) in [6, 6.07) is 7.42. The number of amides is 1. The van der Waals surface area contributed by atoms with E-state index in [9.17, 15) is 4.79 Å². The van der Waals surface area contributed by atoms with Crippen LogP contribution in [0.4, 0.5) is 0 Å². The largest absolute Gasteiger partial charge is 0.375 e. The first-order valence-corrected chi connectivity index (χ1v) is 9.49. The number of piperidine rings is 1. The number of hydrogen-bond donors (Lipinski definition) is 0. The molecule has 142 valence electrons. The smallest absolute Gasteiger partial charge is 0.274 e. The quantitative estimate of drug-likeness (QED) is 0.825. The van der Waals surface area contributed by atoms with Crippen LogP contribution in [0.3, 0.4) is 0 Å². The maximum absolute atomic E-state index is 13.0. The number of likely N-dealkylation sites (N-methyl/N-ethyl adjacent to an activating group) is 1. The van der Waals surface area contributed by atoms with Gasteiger partial charge in [-0.1, -0.05) is 0 Å². The van der Waals surface area contributed by atoms with Gasteiger partial charge in [-0.05, 0) is 55.8 Å². The lowest BCUT2D eigenvalue weighted by Gasteiger charge is -2.25. The molecule has 4 heterocycles. The fourth-order valence-electron chi connectivity index (χ4n) is 3.56. The van der Waals surface area contributed by atoms with E-state index in [0.29, 0.717) is 23.5 Å². The molecule has 0 bridgehead atoms. The Balaban J connectivity index is 1.75. The third-order valence-corrected chi connectivity index (χ3v) is 5.04. The van der Waals surface area contributed by atoms with Crippen LogP contribution in [-0.4, -0.2) is 57.2 Å². The molecule has 0 atom stereocenters. The van der Waals surface area contributed by atoms with Crippen molar-refractivity contribution >= 4 is 11.6 Å². The van der Waals surface area contributed by atoms with E-state index in [2.05, 4.69) is 21.1 Å². The first-order chi connectivity index (χ1) is 13.7. The number of likely N-dealkylation sites (tertiary alicyclic amines) is 1. The van der Waals surface area contributed by atoms with Gasteiger partial charge in [0.25, 0.3) is 5.91 Å². The molecule has 1 fully saturated rings. The lowest BCUT2D eigenvalue weighted by atomic mass is 10.1. The molecule has 1 amide bonds. The highest BCUT2D eigenvalue weighted by molar-refractivity contribution is 5.93. The van der Waals surface area contributed by atoms with Crippen LogP contribution in [0.25, 0.3) is 17.1 Å². The molecule has 4 rings (SSSR count). The van der Waals surface area contributed by atoms with Gasteiger partial charge in [0.05, 0.1) is 29.2 Å². The van der Waals surface area contributed by atoms with Gasteiger partial charge in [-0.3, -0.25) is 9.78 Å². The molecule has 0 saturated carbocycles. The Labute approximate surface area is 164 Å². The molecule has 0 aliphatic carbocycles. The van der Waals surface area contributed by atoms with Crippen molar-refractivity contribution in [3.05, 3.63) is 54.0 Å². The van der Waals surface area contributed by atoms with Crippen LogP contribution in [0.15, 0.2) is 42.7 Å². The zero-order valence-electron chi connectivity index (χ0n) is 15.9. The van der Waals surface area contributed by atoms with Crippen molar-refractivity contribution in [1.29, 1.82) is 5.26 Å². The van der Waals surface area contributed by atoms with Crippen molar-refractivity contribution in [2.45, 2.75) is 19.3 Å². The van der Waals surface area contributed by atoms with Gasteiger partial charge < -0.3 is 9.80 Å². The van der Waals surface area contributed by atoms with E-state index in [1.54, 1.807) is 23.0 Å². The molecule has 0 N–H and O–H groups in total. The third-order valence-electron chi connectivity index (χ3n) is 5.04. The lowest BCUT2D eigenvalue weighted by Crippen LogP contribution is -2.35. The first-order valence-electron chi connectivity index (χ1n) is 9.49. The van der Waals surface area contributed by atoms with Crippen molar-refractivity contribution in [1.82, 2.24) is 24.6 Å². The van der Waals surface area contributed by atoms with Gasteiger partial charge in [0.1, 0.15) is 6.07 Å². The van der Waals surface area contributed by atoms with Gasteiger partial charge in [-0.15, -0.1) is 0 Å². The molecule has 7 heteroatoms. The minimum absolute atomic E-state index is 0.0337. The molecule has 2 aliphatic heterocycles. The molecular weight excluding hydrogens is 352 g/mol. The maximum atomic E-state index is 13.0. The molecule has 2 aromatic rings. The molecule has 0 spiro atoms. The van der Waals surface area contributed by atoms with Crippen LogP contribution < -0.4 is 0 Å². The predicted molar refractivity (Wildman–Crippen MR) is 106 cm³/mol. The number of carbonyl (C=O) groups is 1. The summed E-state index contributed by atoms with van der Waals surface area (Å²) in [5.41, 5.74) is 3.33. The SMILES string of the molecule is CN1C=CC=C(n2nc(C(=O)N3CCCCC3)cc2-c2ccc(C#N)cn2)C1. The average Bonchev–Trinajstić information content (AvgIpc) is 3.19. The van der Waals surface area contributed by atoms with E-state index in [-0.39, 0.29) is 5.91 Å². The highest BCUT2D eigenvalue weighted by Gasteiger charge is 2.24. The Bertz CT molecular complexity index is 973. The molecule has 1 saturated heterocycles. The van der Waals surface area contributed by atoms with Gasteiger partial charge in [0.2, 0.25) is 0 Å². The summed E-state index contributed by atoms with van der Waals surface area (Å²) in [7, 11) is 1.99. The summed E-state index contributed by atoms with van der Waals surface area (Å²) in [5, 5.41) is 13.7. The van der Waals surface area contributed by atoms with Crippen molar-refractivity contribution in [3.8, 4) is 17.5 Å². The molecular formula is C21H22N6O. The maximum Gasteiger partial charge on any atom is 0.274 e. The van der Waals surface area contributed by atoms with Crippen LogP contribution in [0, 0.1) is 11.3 Å². The van der Waals surface area contributed by atoms with Crippen molar-refractivity contribution in [3.63, 3.8) is 0 Å². The Morgan fingerprint density at radius 1 is 1.21 bits per heavy atom. The zero-order valence-corrected chi connectivity index (χ0v) is 15.9. The van der Waals surface area contributed by atoms with Crippen molar-refractivity contribution in [2.24, 2.45) is 0 Å². The van der Waals surface area contributed by atoms with E-state index in [0.717, 1.165) is 37.3 Å². The summed E-state index contributed by atoms with van der Waals surface area (Å²) < 4.78 is 1.80.